The SMILES string of the molecule is O=C(CCCCCCCCCCOc1ccc(C(=O)O)cc1)NC(CCC(=O)ON1C(=O)CCC1=O)C(=O)O. The molecule has 214 valence electrons. The van der Waals surface area contributed by atoms with Crippen molar-refractivity contribution in [2.45, 2.75) is 89.5 Å². The van der Waals surface area contributed by atoms with E-state index in [9.17, 15) is 33.9 Å². The first-order valence-corrected chi connectivity index (χ1v) is 13.2. The lowest BCUT2D eigenvalue weighted by molar-refractivity contribution is -0.197. The lowest BCUT2D eigenvalue weighted by atomic mass is 10.1. The topological polar surface area (TPSA) is 177 Å². The van der Waals surface area contributed by atoms with E-state index in [1.807, 2.05) is 0 Å². The van der Waals surface area contributed by atoms with E-state index in [-0.39, 0.29) is 37.7 Å². The van der Waals surface area contributed by atoms with Gasteiger partial charge in [0.05, 0.1) is 18.6 Å². The van der Waals surface area contributed by atoms with Crippen LogP contribution < -0.4 is 10.1 Å². The molecule has 1 saturated heterocycles. The summed E-state index contributed by atoms with van der Waals surface area (Å²) in [5.41, 5.74) is 0.222. The number of imide groups is 1. The summed E-state index contributed by atoms with van der Waals surface area (Å²) >= 11 is 0. The smallest absolute Gasteiger partial charge is 0.335 e. The van der Waals surface area contributed by atoms with Gasteiger partial charge < -0.3 is 25.1 Å². The van der Waals surface area contributed by atoms with Gasteiger partial charge in [-0.1, -0.05) is 38.5 Å². The lowest BCUT2D eigenvalue weighted by Gasteiger charge is -2.16. The van der Waals surface area contributed by atoms with Gasteiger partial charge in [-0.25, -0.2) is 14.4 Å². The third kappa shape index (κ3) is 12.0. The van der Waals surface area contributed by atoms with Gasteiger partial charge in [0.2, 0.25) is 5.91 Å². The Bertz CT molecular complexity index is 992. The van der Waals surface area contributed by atoms with E-state index < -0.39 is 41.7 Å². The Hall–Kier alpha value is -3.96. The summed E-state index contributed by atoms with van der Waals surface area (Å²) in [7, 11) is 0. The highest BCUT2D eigenvalue weighted by atomic mass is 16.7. The van der Waals surface area contributed by atoms with Gasteiger partial charge in [-0.2, -0.15) is 0 Å². The molecule has 1 aliphatic heterocycles. The fraction of sp³-hybridized carbons (Fsp3) is 0.556. The number of unbranched alkanes of at least 4 members (excludes halogenated alkanes) is 7. The summed E-state index contributed by atoms with van der Waals surface area (Å²) < 4.78 is 5.61. The molecule has 39 heavy (non-hydrogen) atoms. The summed E-state index contributed by atoms with van der Waals surface area (Å²) in [5, 5.41) is 21.0. The number of rotatable bonds is 19. The number of carboxylic acid groups (broad SMARTS) is 2. The van der Waals surface area contributed by atoms with Gasteiger partial charge in [-0.15, -0.1) is 5.06 Å². The average Bonchev–Trinajstić information content (AvgIpc) is 3.21. The zero-order chi connectivity index (χ0) is 28.6. The minimum Gasteiger partial charge on any atom is -0.494 e. The Morgan fingerprint density at radius 1 is 0.821 bits per heavy atom. The van der Waals surface area contributed by atoms with E-state index >= 15 is 0 Å². The number of amides is 3. The number of carbonyl (C=O) groups excluding carboxylic acids is 4. The Kier molecular flexibility index (Phi) is 13.5. The molecule has 1 heterocycles. The second-order valence-corrected chi connectivity index (χ2v) is 9.30. The van der Waals surface area contributed by atoms with Crippen molar-refractivity contribution < 1.29 is 48.6 Å². The van der Waals surface area contributed by atoms with Crippen LogP contribution in [0.5, 0.6) is 5.75 Å². The van der Waals surface area contributed by atoms with Gasteiger partial charge in [0.25, 0.3) is 11.8 Å². The molecular weight excluding hydrogens is 512 g/mol. The molecular formula is C27H36N2O10. The number of hydroxylamine groups is 2. The number of carbonyl (C=O) groups is 6. The second kappa shape index (κ2) is 16.8. The average molecular weight is 549 g/mol. The van der Waals surface area contributed by atoms with Crippen molar-refractivity contribution in [1.82, 2.24) is 10.4 Å². The van der Waals surface area contributed by atoms with Crippen LogP contribution in [-0.2, 0) is 28.8 Å². The van der Waals surface area contributed by atoms with Gasteiger partial charge >= 0.3 is 17.9 Å². The maximum atomic E-state index is 12.1. The molecule has 12 nitrogen and oxygen atoms in total. The second-order valence-electron chi connectivity index (χ2n) is 9.30. The minimum absolute atomic E-state index is 0.0367. The van der Waals surface area contributed by atoms with Crippen molar-refractivity contribution in [3.8, 4) is 5.75 Å². The third-order valence-corrected chi connectivity index (χ3v) is 6.14. The Balaban J connectivity index is 1.47. The molecule has 1 aromatic carbocycles. The largest absolute Gasteiger partial charge is 0.494 e. The molecule has 0 aromatic heterocycles. The van der Waals surface area contributed by atoms with Crippen LogP contribution in [0.3, 0.4) is 0 Å². The number of nitrogens with one attached hydrogen (secondary N) is 1. The first-order chi connectivity index (χ1) is 18.7. The monoisotopic (exact) mass is 548 g/mol. The van der Waals surface area contributed by atoms with Crippen molar-refractivity contribution in [2.24, 2.45) is 0 Å². The fourth-order valence-electron chi connectivity index (χ4n) is 3.92. The van der Waals surface area contributed by atoms with E-state index in [1.165, 1.54) is 12.1 Å². The van der Waals surface area contributed by atoms with Crippen LogP contribution in [0.2, 0.25) is 0 Å². The van der Waals surface area contributed by atoms with Crippen LogP contribution in [0, 0.1) is 0 Å². The molecule has 0 saturated carbocycles. The number of ether oxygens (including phenoxy) is 1. The Labute approximate surface area is 226 Å². The summed E-state index contributed by atoms with van der Waals surface area (Å²) in [6, 6.07) is 5.04. The normalized spacial score (nSPS) is 13.7. The molecule has 0 spiro atoms. The molecule has 1 aliphatic rings. The number of carboxylic acids is 2. The summed E-state index contributed by atoms with van der Waals surface area (Å²) in [5.74, 6) is -4.19. The van der Waals surface area contributed by atoms with Gasteiger partial charge in [-0.05, 0) is 43.5 Å². The number of aromatic carboxylic acids is 1. The number of nitrogens with zero attached hydrogens (tertiary/aromatic N) is 1. The number of hydrogen-bond donors (Lipinski definition) is 3. The van der Waals surface area contributed by atoms with Crippen LogP contribution in [0.25, 0.3) is 0 Å². The zero-order valence-electron chi connectivity index (χ0n) is 21.9. The zero-order valence-corrected chi connectivity index (χ0v) is 21.9. The Morgan fingerprint density at radius 3 is 1.95 bits per heavy atom. The summed E-state index contributed by atoms with van der Waals surface area (Å²) in [4.78, 5) is 73.9. The van der Waals surface area contributed by atoms with E-state index in [0.29, 0.717) is 23.8 Å². The molecule has 0 radical (unpaired) electrons. The van der Waals surface area contributed by atoms with Gasteiger partial charge in [0.15, 0.2) is 0 Å². The van der Waals surface area contributed by atoms with Crippen LogP contribution in [0.1, 0.15) is 93.8 Å². The van der Waals surface area contributed by atoms with Gasteiger partial charge in [-0.3, -0.25) is 14.4 Å². The third-order valence-electron chi connectivity index (χ3n) is 6.14. The molecule has 0 bridgehead atoms. The predicted octanol–water partition coefficient (Wildman–Crippen LogP) is 3.23. The van der Waals surface area contributed by atoms with E-state index in [4.69, 9.17) is 14.7 Å². The van der Waals surface area contributed by atoms with Crippen LogP contribution >= 0.6 is 0 Å². The predicted molar refractivity (Wildman–Crippen MR) is 136 cm³/mol. The van der Waals surface area contributed by atoms with Crippen molar-refractivity contribution in [3.63, 3.8) is 0 Å². The van der Waals surface area contributed by atoms with Gasteiger partial charge in [0, 0.05) is 19.3 Å². The number of benzene rings is 1. The molecule has 3 amide bonds. The molecule has 1 unspecified atom stereocenters. The molecule has 1 fully saturated rings. The maximum Gasteiger partial charge on any atom is 0.335 e. The van der Waals surface area contributed by atoms with Crippen LogP contribution in [0.4, 0.5) is 0 Å². The highest BCUT2D eigenvalue weighted by molar-refractivity contribution is 6.01. The molecule has 3 N–H and O–H groups in total. The van der Waals surface area contributed by atoms with E-state index in [2.05, 4.69) is 5.32 Å². The van der Waals surface area contributed by atoms with E-state index in [1.54, 1.807) is 12.1 Å². The first kappa shape index (κ1) is 31.3. The highest BCUT2D eigenvalue weighted by Crippen LogP contribution is 2.15. The minimum atomic E-state index is -1.29. The number of aliphatic carboxylic acids is 1. The van der Waals surface area contributed by atoms with Crippen molar-refractivity contribution >= 4 is 35.6 Å². The first-order valence-electron chi connectivity index (χ1n) is 13.2. The summed E-state index contributed by atoms with van der Waals surface area (Å²) in [6.07, 6.45) is 6.99. The fourth-order valence-corrected chi connectivity index (χ4v) is 3.92. The number of hydrogen-bond acceptors (Lipinski definition) is 8. The maximum absolute atomic E-state index is 12.1. The van der Waals surface area contributed by atoms with Gasteiger partial charge in [0.1, 0.15) is 11.8 Å². The molecule has 1 atom stereocenters. The molecule has 1 aromatic rings. The van der Waals surface area contributed by atoms with Crippen LogP contribution in [-0.4, -0.2) is 63.6 Å². The lowest BCUT2D eigenvalue weighted by Crippen LogP contribution is -2.41. The Morgan fingerprint density at radius 2 is 1.38 bits per heavy atom. The van der Waals surface area contributed by atoms with Crippen molar-refractivity contribution in [2.75, 3.05) is 6.61 Å². The highest BCUT2D eigenvalue weighted by Gasteiger charge is 2.33. The van der Waals surface area contributed by atoms with Crippen molar-refractivity contribution in [1.29, 1.82) is 0 Å². The molecule has 0 aliphatic carbocycles. The quantitative estimate of drug-likeness (QED) is 0.172. The molecule has 12 heteroatoms. The van der Waals surface area contributed by atoms with Crippen molar-refractivity contribution in [3.05, 3.63) is 29.8 Å². The van der Waals surface area contributed by atoms with Crippen LogP contribution in [0.15, 0.2) is 24.3 Å². The standard InChI is InChI=1S/C27H36N2O10/c30-22(28-21(27(36)37)14-17-25(33)39-29-23(31)15-16-24(29)32)9-7-5-3-1-2-4-6-8-18-38-20-12-10-19(11-13-20)26(34)35/h10-13,21H,1-9,14-18H2,(H,28,30)(H,34,35)(H,36,37). The molecule has 2 rings (SSSR count). The van der Waals surface area contributed by atoms with E-state index in [0.717, 1.165) is 44.9 Å². The summed E-state index contributed by atoms with van der Waals surface area (Å²) in [6.45, 7) is 0.567.